The molecule has 0 saturated carbocycles. The molecule has 0 radical (unpaired) electrons. The van der Waals surface area contributed by atoms with Crippen molar-refractivity contribution < 1.29 is 14.6 Å². The molecule has 0 spiro atoms. The number of aryl methyl sites for hydroxylation is 1. The van der Waals surface area contributed by atoms with Crippen LogP contribution in [0.4, 0.5) is 0 Å². The number of hydrogen-bond acceptors (Lipinski definition) is 5. The van der Waals surface area contributed by atoms with Gasteiger partial charge in [-0.05, 0) is 33.6 Å². The molecule has 3 rings (SSSR count). The van der Waals surface area contributed by atoms with Crippen molar-refractivity contribution in [1.82, 2.24) is 15.0 Å². The van der Waals surface area contributed by atoms with Gasteiger partial charge in [-0.25, -0.2) is 0 Å². The van der Waals surface area contributed by atoms with Gasteiger partial charge in [0.25, 0.3) is 0 Å². The van der Waals surface area contributed by atoms with Gasteiger partial charge in [-0.1, -0.05) is 5.21 Å². The fraction of sp³-hybridized carbons (Fsp3) is 0.429. The second kappa shape index (κ2) is 6.03. The molecular formula is C14H16BrN3O3. The molecule has 1 aliphatic heterocycles. The van der Waals surface area contributed by atoms with Gasteiger partial charge in [0.1, 0.15) is 0 Å². The molecule has 1 aliphatic rings. The quantitative estimate of drug-likeness (QED) is 0.913. The largest absolute Gasteiger partial charge is 0.490 e. The molecule has 0 aliphatic carbocycles. The Bertz CT molecular complexity index is 644. The molecule has 0 amide bonds. The molecule has 6 nitrogen and oxygen atoms in total. The third kappa shape index (κ3) is 3.19. The number of aliphatic hydroxyl groups excluding tert-OH is 1. The summed E-state index contributed by atoms with van der Waals surface area (Å²) in [6.07, 6.45) is 2.37. The normalized spacial score (nSPS) is 15.6. The molecule has 112 valence electrons. The lowest BCUT2D eigenvalue weighted by Gasteiger charge is -2.15. The van der Waals surface area contributed by atoms with Crippen molar-refractivity contribution in [3.63, 3.8) is 0 Å². The zero-order valence-corrected chi connectivity index (χ0v) is 13.2. The van der Waals surface area contributed by atoms with Crippen LogP contribution < -0.4 is 9.47 Å². The third-order valence-electron chi connectivity index (χ3n) is 3.26. The molecule has 1 unspecified atom stereocenters. The summed E-state index contributed by atoms with van der Waals surface area (Å²) in [6, 6.07) is 3.68. The maximum atomic E-state index is 10.4. The Kier molecular flexibility index (Phi) is 4.12. The number of aromatic nitrogens is 3. The second-order valence-corrected chi connectivity index (χ2v) is 5.84. The summed E-state index contributed by atoms with van der Waals surface area (Å²) in [5.74, 6) is 1.36. The van der Waals surface area contributed by atoms with Gasteiger partial charge in [0.2, 0.25) is 0 Å². The van der Waals surface area contributed by atoms with Crippen molar-refractivity contribution in [1.29, 1.82) is 0 Å². The van der Waals surface area contributed by atoms with E-state index in [1.54, 1.807) is 17.9 Å². The predicted octanol–water partition coefficient (Wildman–Crippen LogP) is 2.01. The Hall–Kier alpha value is -1.60. The number of halogens is 1. The molecule has 2 aromatic rings. The first kappa shape index (κ1) is 14.3. The summed E-state index contributed by atoms with van der Waals surface area (Å²) < 4.78 is 13.7. The minimum Gasteiger partial charge on any atom is -0.490 e. The van der Waals surface area contributed by atoms with Gasteiger partial charge in [0, 0.05) is 26.1 Å². The van der Waals surface area contributed by atoms with Crippen LogP contribution in [0.2, 0.25) is 0 Å². The number of nitrogens with zero attached hydrogens (tertiary/aromatic N) is 3. The van der Waals surface area contributed by atoms with Gasteiger partial charge in [0.05, 0.1) is 29.5 Å². The van der Waals surface area contributed by atoms with E-state index >= 15 is 0 Å². The van der Waals surface area contributed by atoms with Gasteiger partial charge < -0.3 is 14.6 Å². The van der Waals surface area contributed by atoms with Gasteiger partial charge in [-0.15, -0.1) is 5.10 Å². The topological polar surface area (TPSA) is 69.4 Å². The van der Waals surface area contributed by atoms with Crippen molar-refractivity contribution in [2.75, 3.05) is 13.2 Å². The third-order valence-corrected chi connectivity index (χ3v) is 3.85. The molecule has 2 heterocycles. The van der Waals surface area contributed by atoms with Crippen molar-refractivity contribution >= 4 is 15.9 Å². The van der Waals surface area contributed by atoms with Crippen molar-refractivity contribution in [2.45, 2.75) is 18.9 Å². The Morgan fingerprint density at radius 3 is 2.95 bits per heavy atom. The van der Waals surface area contributed by atoms with Gasteiger partial charge in [0.15, 0.2) is 11.5 Å². The summed E-state index contributed by atoms with van der Waals surface area (Å²) in [5.41, 5.74) is 1.50. The first-order valence-corrected chi connectivity index (χ1v) is 7.55. The van der Waals surface area contributed by atoms with E-state index in [0.29, 0.717) is 31.1 Å². The summed E-state index contributed by atoms with van der Waals surface area (Å²) in [6.45, 7) is 1.25. The average molecular weight is 354 g/mol. The lowest BCUT2D eigenvalue weighted by Crippen LogP contribution is -2.04. The van der Waals surface area contributed by atoms with Crippen molar-refractivity contribution in [3.05, 3.63) is 34.1 Å². The zero-order chi connectivity index (χ0) is 14.8. The molecule has 21 heavy (non-hydrogen) atoms. The van der Waals surface area contributed by atoms with Crippen LogP contribution in [0.15, 0.2) is 22.8 Å². The zero-order valence-electron chi connectivity index (χ0n) is 11.6. The Morgan fingerprint density at radius 2 is 2.19 bits per heavy atom. The van der Waals surface area contributed by atoms with Crippen LogP contribution in [0.5, 0.6) is 11.5 Å². The Morgan fingerprint density at radius 1 is 1.38 bits per heavy atom. The molecule has 0 fully saturated rings. The van der Waals surface area contributed by atoms with E-state index in [1.165, 1.54) is 0 Å². The number of fused-ring (bicyclic) bond motifs is 1. The van der Waals surface area contributed by atoms with Crippen molar-refractivity contribution in [2.24, 2.45) is 7.05 Å². The van der Waals surface area contributed by atoms with E-state index in [-0.39, 0.29) is 0 Å². The minimum atomic E-state index is -0.671. The summed E-state index contributed by atoms with van der Waals surface area (Å²) in [4.78, 5) is 0. The van der Waals surface area contributed by atoms with Gasteiger partial charge in [-0.2, -0.15) is 0 Å². The summed E-state index contributed by atoms with van der Waals surface area (Å²) in [5, 5.41) is 18.2. The first-order chi connectivity index (χ1) is 10.1. The van der Waals surface area contributed by atoms with E-state index in [9.17, 15) is 5.11 Å². The van der Waals surface area contributed by atoms with Crippen LogP contribution in [0, 0.1) is 0 Å². The highest BCUT2D eigenvalue weighted by Crippen LogP contribution is 2.39. The number of hydrogen-bond donors (Lipinski definition) is 1. The monoisotopic (exact) mass is 353 g/mol. The number of rotatable bonds is 3. The number of benzene rings is 1. The standard InChI is InChI=1S/C14H16BrN3O3/c1-18-8-10(16-17-18)7-12(19)9-5-11(15)14-13(6-9)20-3-2-4-21-14/h5-6,8,12,19H,2-4,7H2,1H3. The molecule has 1 aromatic heterocycles. The van der Waals surface area contributed by atoms with Crippen LogP contribution in [-0.4, -0.2) is 33.3 Å². The Labute approximate surface area is 130 Å². The van der Waals surface area contributed by atoms with Gasteiger partial charge in [-0.3, -0.25) is 4.68 Å². The van der Waals surface area contributed by atoms with Crippen LogP contribution in [-0.2, 0) is 13.5 Å². The summed E-state index contributed by atoms with van der Waals surface area (Å²) in [7, 11) is 1.80. The molecule has 1 atom stereocenters. The van der Waals surface area contributed by atoms with Gasteiger partial charge >= 0.3 is 0 Å². The van der Waals surface area contributed by atoms with Crippen LogP contribution in [0.1, 0.15) is 23.8 Å². The number of aliphatic hydroxyl groups is 1. The first-order valence-electron chi connectivity index (χ1n) is 6.76. The fourth-order valence-corrected chi connectivity index (χ4v) is 2.82. The molecule has 1 N–H and O–H groups in total. The maximum Gasteiger partial charge on any atom is 0.175 e. The Balaban J connectivity index is 1.84. The fourth-order valence-electron chi connectivity index (χ4n) is 2.25. The highest BCUT2D eigenvalue weighted by molar-refractivity contribution is 9.10. The van der Waals surface area contributed by atoms with Crippen LogP contribution >= 0.6 is 15.9 Å². The van der Waals surface area contributed by atoms with Crippen molar-refractivity contribution in [3.8, 4) is 11.5 Å². The second-order valence-electron chi connectivity index (χ2n) is 4.98. The predicted molar refractivity (Wildman–Crippen MR) is 79.4 cm³/mol. The lowest BCUT2D eigenvalue weighted by molar-refractivity contribution is 0.176. The lowest BCUT2D eigenvalue weighted by atomic mass is 10.0. The SMILES string of the molecule is Cn1cc(CC(O)c2cc(Br)c3c(c2)OCCCO3)nn1. The molecule has 7 heteroatoms. The van der Waals surface area contributed by atoms with Crippen LogP contribution in [0.3, 0.4) is 0 Å². The summed E-state index contributed by atoms with van der Waals surface area (Å²) >= 11 is 3.48. The average Bonchev–Trinajstić information content (AvgIpc) is 2.72. The van der Waals surface area contributed by atoms with E-state index in [4.69, 9.17) is 9.47 Å². The van der Waals surface area contributed by atoms with E-state index < -0.39 is 6.10 Å². The molecular weight excluding hydrogens is 338 g/mol. The van der Waals surface area contributed by atoms with E-state index in [0.717, 1.165) is 22.2 Å². The highest BCUT2D eigenvalue weighted by atomic mass is 79.9. The number of ether oxygens (including phenoxy) is 2. The van der Waals surface area contributed by atoms with Crippen LogP contribution in [0.25, 0.3) is 0 Å². The molecule has 0 saturated heterocycles. The van der Waals surface area contributed by atoms with E-state index in [2.05, 4.69) is 26.2 Å². The minimum absolute atomic E-state index is 0.403. The smallest absolute Gasteiger partial charge is 0.175 e. The molecule has 1 aromatic carbocycles. The maximum absolute atomic E-state index is 10.4. The highest BCUT2D eigenvalue weighted by Gasteiger charge is 2.19. The van der Waals surface area contributed by atoms with E-state index in [1.807, 2.05) is 12.1 Å². The molecule has 0 bridgehead atoms.